The third kappa shape index (κ3) is 4.42. The third-order valence-electron chi connectivity index (χ3n) is 6.70. The van der Waals surface area contributed by atoms with Crippen molar-refractivity contribution in [3.05, 3.63) is 75.5 Å². The molecule has 0 N–H and O–H groups in total. The number of nitrogens with zero attached hydrogens (tertiary/aromatic N) is 5. The van der Waals surface area contributed by atoms with Crippen LogP contribution in [0.3, 0.4) is 0 Å². The number of carbonyl (C=O) groups is 1. The van der Waals surface area contributed by atoms with Crippen molar-refractivity contribution >= 4 is 46.6 Å². The van der Waals surface area contributed by atoms with Crippen molar-refractivity contribution in [1.82, 2.24) is 19.3 Å². The van der Waals surface area contributed by atoms with E-state index in [1.54, 1.807) is 35.1 Å². The quantitative estimate of drug-likeness (QED) is 0.201. The smallest absolute Gasteiger partial charge is 0.280 e. The molecule has 4 aromatic rings. The molecule has 3 heterocycles. The first kappa shape index (κ1) is 24.9. The fourth-order valence-corrected chi connectivity index (χ4v) is 5.69. The first-order valence-electron chi connectivity index (χ1n) is 11.9. The molecule has 1 aliphatic rings. The minimum atomic E-state index is -1.16. The molecule has 0 saturated carbocycles. The lowest BCUT2D eigenvalue weighted by Gasteiger charge is -2.27. The van der Waals surface area contributed by atoms with Gasteiger partial charge in [-0.2, -0.15) is 5.10 Å². The lowest BCUT2D eigenvalue weighted by Crippen LogP contribution is -2.30. The van der Waals surface area contributed by atoms with E-state index in [2.05, 4.69) is 45.7 Å². The topological polar surface area (TPSA) is 65.2 Å². The van der Waals surface area contributed by atoms with Crippen LogP contribution in [0.5, 0.6) is 0 Å². The number of halogens is 2. The summed E-state index contributed by atoms with van der Waals surface area (Å²) in [6.07, 6.45) is 1.75. The van der Waals surface area contributed by atoms with Crippen molar-refractivity contribution in [3.63, 3.8) is 0 Å². The second-order valence-electron chi connectivity index (χ2n) is 10.5. The van der Waals surface area contributed by atoms with Crippen molar-refractivity contribution in [3.8, 4) is 0 Å². The molecule has 0 fully saturated rings. The maximum Gasteiger partial charge on any atom is 0.280 e. The van der Waals surface area contributed by atoms with Gasteiger partial charge in [-0.3, -0.25) is 14.4 Å². The van der Waals surface area contributed by atoms with Crippen LogP contribution in [0.4, 0.5) is 10.1 Å². The summed E-state index contributed by atoms with van der Waals surface area (Å²) in [5, 5.41) is 4.46. The van der Waals surface area contributed by atoms with Gasteiger partial charge in [-0.1, -0.05) is 41.6 Å². The summed E-state index contributed by atoms with van der Waals surface area (Å²) in [5.74, 6) is -0.640. The van der Waals surface area contributed by atoms with E-state index in [1.165, 1.54) is 6.07 Å². The minimum absolute atomic E-state index is 0.255. The van der Waals surface area contributed by atoms with Crippen LogP contribution in [0.25, 0.3) is 11.0 Å². The summed E-state index contributed by atoms with van der Waals surface area (Å²) in [7, 11) is 0.640. The SMILES string of the molecule is Cc1c2c(nn1C)C(=O)N(c1ccc3c(c1)ncn3COCC[Si](C)(C)C)C2c1ccc(Br)cc1F. The Hall–Kier alpha value is -2.82. The molecule has 1 unspecified atom stereocenters. The van der Waals surface area contributed by atoms with Gasteiger partial charge in [-0.25, -0.2) is 9.37 Å². The molecular formula is C26H29BrFN5O2Si. The van der Waals surface area contributed by atoms with Gasteiger partial charge in [0.05, 0.1) is 23.4 Å². The molecule has 0 aliphatic carbocycles. The number of rotatable bonds is 7. The summed E-state index contributed by atoms with van der Waals surface area (Å²) in [6, 6.07) is 11.1. The van der Waals surface area contributed by atoms with Crippen LogP contribution >= 0.6 is 15.9 Å². The Bertz CT molecular complexity index is 1480. The zero-order valence-electron chi connectivity index (χ0n) is 21.0. The maximum absolute atomic E-state index is 15.2. The van der Waals surface area contributed by atoms with Gasteiger partial charge in [0.1, 0.15) is 12.5 Å². The van der Waals surface area contributed by atoms with E-state index >= 15 is 4.39 Å². The highest BCUT2D eigenvalue weighted by Gasteiger charge is 2.44. The Kier molecular flexibility index (Phi) is 6.38. The molecule has 7 nitrogen and oxygen atoms in total. The molecule has 0 spiro atoms. The van der Waals surface area contributed by atoms with E-state index in [1.807, 2.05) is 29.7 Å². The Balaban J connectivity index is 1.50. The zero-order valence-corrected chi connectivity index (χ0v) is 23.6. The van der Waals surface area contributed by atoms with Crippen LogP contribution in [0.1, 0.15) is 33.4 Å². The van der Waals surface area contributed by atoms with Gasteiger partial charge in [-0.15, -0.1) is 0 Å². The second kappa shape index (κ2) is 9.24. The first-order valence-corrected chi connectivity index (χ1v) is 16.4. The summed E-state index contributed by atoms with van der Waals surface area (Å²) < 4.78 is 25.4. The number of benzene rings is 2. The van der Waals surface area contributed by atoms with Gasteiger partial charge in [-0.05, 0) is 43.3 Å². The number of imidazole rings is 1. The Morgan fingerprint density at radius 2 is 1.94 bits per heavy atom. The Morgan fingerprint density at radius 1 is 1.17 bits per heavy atom. The summed E-state index contributed by atoms with van der Waals surface area (Å²) in [5.41, 5.74) is 4.62. The fraction of sp³-hybridized carbons (Fsp3) is 0.346. The van der Waals surface area contributed by atoms with Gasteiger partial charge in [0.25, 0.3) is 5.91 Å². The van der Waals surface area contributed by atoms with Crippen molar-refractivity contribution in [1.29, 1.82) is 0 Å². The molecule has 0 radical (unpaired) electrons. The highest BCUT2D eigenvalue weighted by Crippen LogP contribution is 2.44. The number of anilines is 1. The monoisotopic (exact) mass is 569 g/mol. The van der Waals surface area contributed by atoms with Crippen LogP contribution in [-0.2, 0) is 18.5 Å². The van der Waals surface area contributed by atoms with Crippen LogP contribution in [0, 0.1) is 12.7 Å². The lowest BCUT2D eigenvalue weighted by molar-refractivity contribution is 0.0898. The standard InChI is InChI=1S/C26H29BrFN5O2Si/c1-16-23-24(30-31(16)2)26(34)33(25(23)19-8-6-17(27)12-20(19)28)18-7-9-22-21(13-18)29-14-32(22)15-35-10-11-36(3,4)5/h6-9,12-14,25H,10-11,15H2,1-5H3. The number of amides is 1. The van der Waals surface area contributed by atoms with Crippen LogP contribution in [0.2, 0.25) is 25.7 Å². The molecule has 1 aliphatic heterocycles. The average molecular weight is 571 g/mol. The van der Waals surface area contributed by atoms with E-state index < -0.39 is 14.1 Å². The highest BCUT2D eigenvalue weighted by molar-refractivity contribution is 9.10. The van der Waals surface area contributed by atoms with Crippen molar-refractivity contribution in [2.45, 2.75) is 45.4 Å². The third-order valence-corrected chi connectivity index (χ3v) is 8.90. The minimum Gasteiger partial charge on any atom is -0.361 e. The number of carbonyl (C=O) groups excluding carboxylic acids is 1. The molecule has 10 heteroatoms. The number of ether oxygens (including phenoxy) is 1. The van der Waals surface area contributed by atoms with E-state index in [0.29, 0.717) is 28.1 Å². The molecule has 36 heavy (non-hydrogen) atoms. The van der Waals surface area contributed by atoms with E-state index in [-0.39, 0.29) is 11.7 Å². The molecule has 5 rings (SSSR count). The second-order valence-corrected chi connectivity index (χ2v) is 17.0. The molecule has 0 bridgehead atoms. The van der Waals surface area contributed by atoms with E-state index in [4.69, 9.17) is 4.74 Å². The van der Waals surface area contributed by atoms with Crippen LogP contribution < -0.4 is 4.90 Å². The number of hydrogen-bond acceptors (Lipinski definition) is 4. The summed E-state index contributed by atoms with van der Waals surface area (Å²) in [6.45, 7) is 10.0. The molecule has 188 valence electrons. The van der Waals surface area contributed by atoms with Gasteiger partial charge in [0.15, 0.2) is 5.69 Å². The lowest BCUT2D eigenvalue weighted by atomic mass is 9.98. The average Bonchev–Trinajstić information content (AvgIpc) is 3.43. The molecule has 1 atom stereocenters. The molecule has 0 saturated heterocycles. The van der Waals surface area contributed by atoms with Crippen molar-refractivity contribution in [2.24, 2.45) is 7.05 Å². The number of fused-ring (bicyclic) bond motifs is 2. The number of hydrogen-bond donors (Lipinski definition) is 0. The van der Waals surface area contributed by atoms with Crippen molar-refractivity contribution < 1.29 is 13.9 Å². The fourth-order valence-electron chi connectivity index (χ4n) is 4.60. The Morgan fingerprint density at radius 3 is 2.67 bits per heavy atom. The predicted octanol–water partition coefficient (Wildman–Crippen LogP) is 6.04. The first-order chi connectivity index (χ1) is 17.0. The maximum atomic E-state index is 15.2. The van der Waals surface area contributed by atoms with Crippen LogP contribution in [-0.4, -0.2) is 39.9 Å². The molecular weight excluding hydrogens is 541 g/mol. The highest BCUT2D eigenvalue weighted by atomic mass is 79.9. The zero-order chi connectivity index (χ0) is 25.8. The Labute approximate surface area is 219 Å². The van der Waals surface area contributed by atoms with E-state index in [9.17, 15) is 4.79 Å². The van der Waals surface area contributed by atoms with Gasteiger partial charge in [0.2, 0.25) is 0 Å². The normalized spacial score (nSPS) is 15.8. The van der Waals surface area contributed by atoms with Crippen molar-refractivity contribution in [2.75, 3.05) is 11.5 Å². The van der Waals surface area contributed by atoms with Crippen LogP contribution in [0.15, 0.2) is 47.2 Å². The summed E-state index contributed by atoms with van der Waals surface area (Å²) in [4.78, 5) is 19.8. The number of aryl methyl sites for hydroxylation is 1. The largest absolute Gasteiger partial charge is 0.361 e. The van der Waals surface area contributed by atoms with Gasteiger partial charge >= 0.3 is 0 Å². The van der Waals surface area contributed by atoms with Gasteiger partial charge in [0, 0.05) is 48.7 Å². The summed E-state index contributed by atoms with van der Waals surface area (Å²) >= 11 is 3.33. The molecule has 2 aromatic carbocycles. The molecule has 1 amide bonds. The predicted molar refractivity (Wildman–Crippen MR) is 145 cm³/mol. The number of aromatic nitrogens is 4. The molecule has 2 aromatic heterocycles. The van der Waals surface area contributed by atoms with E-state index in [0.717, 1.165) is 34.9 Å². The van der Waals surface area contributed by atoms with Gasteiger partial charge < -0.3 is 9.30 Å².